The highest BCUT2D eigenvalue weighted by atomic mass is 127. The number of hydrogen-bond donors (Lipinski definition) is 1. The van der Waals surface area contributed by atoms with Gasteiger partial charge in [0.05, 0.1) is 10.8 Å². The lowest BCUT2D eigenvalue weighted by molar-refractivity contribution is -0.794. The number of nitrogens with zero attached hydrogens (tertiary/aromatic N) is 2. The molecule has 1 amide bonds. The van der Waals surface area contributed by atoms with Gasteiger partial charge in [-0.15, -0.1) is 0 Å². The average Bonchev–Trinajstić information content (AvgIpc) is 2.18. The van der Waals surface area contributed by atoms with Crippen molar-refractivity contribution in [2.24, 2.45) is 0 Å². The molecule has 0 bridgehead atoms. The number of halogens is 1. The van der Waals surface area contributed by atoms with Crippen molar-refractivity contribution in [1.29, 1.82) is 0 Å². The summed E-state index contributed by atoms with van der Waals surface area (Å²) in [6.45, 7) is 0.743. The first-order valence-electron chi connectivity index (χ1n) is 4.02. The highest BCUT2D eigenvalue weighted by Gasteiger charge is 2.54. The Morgan fingerprint density at radius 3 is 2.13 bits per heavy atom. The van der Waals surface area contributed by atoms with Gasteiger partial charge in [-0.05, 0) is 0 Å². The van der Waals surface area contributed by atoms with Gasteiger partial charge in [0.15, 0.2) is 6.54 Å². The molecule has 15 heavy (non-hydrogen) atoms. The summed E-state index contributed by atoms with van der Waals surface area (Å²) in [6.07, 6.45) is -0.283. The van der Waals surface area contributed by atoms with E-state index >= 15 is 0 Å². The van der Waals surface area contributed by atoms with Gasteiger partial charge in [0.25, 0.3) is 0 Å². The highest BCUT2D eigenvalue weighted by molar-refractivity contribution is 14.1. The van der Waals surface area contributed by atoms with E-state index in [1.807, 2.05) is 0 Å². The zero-order chi connectivity index (χ0) is 12.1. The predicted octanol–water partition coefficient (Wildman–Crippen LogP) is 0.197. The Hall–Kier alpha value is -1.00. The molecular formula is C6H10IN3O5. The number of hydrogen-bond acceptors (Lipinski definition) is 5. The van der Waals surface area contributed by atoms with Gasteiger partial charge in [-0.2, -0.15) is 0 Å². The molecule has 0 aromatic rings. The van der Waals surface area contributed by atoms with E-state index in [9.17, 15) is 25.0 Å². The molecule has 86 valence electrons. The number of nitrogens with one attached hydrogen (secondary N) is 1. The topological polar surface area (TPSA) is 115 Å². The van der Waals surface area contributed by atoms with Crippen molar-refractivity contribution in [3.8, 4) is 0 Å². The van der Waals surface area contributed by atoms with Gasteiger partial charge >= 0.3 is 5.66 Å². The second-order valence-electron chi connectivity index (χ2n) is 2.76. The molecule has 0 aromatic heterocycles. The number of nitro groups is 2. The van der Waals surface area contributed by atoms with Gasteiger partial charge in [0.1, 0.15) is 9.85 Å². The Kier molecular flexibility index (Phi) is 5.39. The molecule has 0 aliphatic rings. The molecule has 0 radical (unpaired) electrons. The first-order chi connectivity index (χ1) is 6.90. The maximum atomic E-state index is 10.9. The van der Waals surface area contributed by atoms with Crippen molar-refractivity contribution in [3.63, 3.8) is 0 Å². The van der Waals surface area contributed by atoms with Crippen LogP contribution in [0.1, 0.15) is 13.3 Å². The van der Waals surface area contributed by atoms with Crippen LogP contribution in [0.2, 0.25) is 0 Å². The van der Waals surface area contributed by atoms with Crippen LogP contribution in [0.15, 0.2) is 0 Å². The van der Waals surface area contributed by atoms with Gasteiger partial charge < -0.3 is 5.32 Å². The number of carbonyl (C=O) groups excluding carboxylic acids is 1. The van der Waals surface area contributed by atoms with Crippen LogP contribution in [0, 0.1) is 20.2 Å². The Morgan fingerprint density at radius 1 is 1.40 bits per heavy atom. The smallest absolute Gasteiger partial charge is 0.342 e. The van der Waals surface area contributed by atoms with Crippen molar-refractivity contribution >= 4 is 28.5 Å². The first-order valence-corrected chi connectivity index (χ1v) is 5.55. The summed E-state index contributed by atoms with van der Waals surface area (Å²) in [6, 6.07) is 0. The van der Waals surface area contributed by atoms with Crippen LogP contribution >= 0.6 is 22.6 Å². The number of alkyl halides is 1. The SMILES string of the molecule is CCC(CNC(=O)CI)([N+](=O)[O-])[N+](=O)[O-]. The minimum absolute atomic E-state index is 0.104. The maximum Gasteiger partial charge on any atom is 0.474 e. The summed E-state index contributed by atoms with van der Waals surface area (Å²) in [5, 5.41) is 23.4. The zero-order valence-electron chi connectivity index (χ0n) is 7.93. The summed E-state index contributed by atoms with van der Waals surface area (Å²) in [5.41, 5.74) is -2.32. The lowest BCUT2D eigenvalue weighted by Gasteiger charge is -2.15. The van der Waals surface area contributed by atoms with Crippen LogP contribution in [-0.2, 0) is 4.79 Å². The van der Waals surface area contributed by atoms with Gasteiger partial charge in [-0.1, -0.05) is 29.5 Å². The summed E-state index contributed by atoms with van der Waals surface area (Å²) >= 11 is 1.76. The van der Waals surface area contributed by atoms with E-state index in [1.54, 1.807) is 22.6 Å². The quantitative estimate of drug-likeness (QED) is 0.245. The van der Waals surface area contributed by atoms with Crippen LogP contribution in [-0.4, -0.2) is 32.4 Å². The third-order valence-electron chi connectivity index (χ3n) is 1.94. The van der Waals surface area contributed by atoms with Crippen molar-refractivity contribution in [2.75, 3.05) is 11.0 Å². The minimum Gasteiger partial charge on any atom is -0.342 e. The minimum atomic E-state index is -2.32. The first kappa shape index (κ1) is 14.0. The Morgan fingerprint density at radius 2 is 1.87 bits per heavy atom. The highest BCUT2D eigenvalue weighted by Crippen LogP contribution is 2.14. The van der Waals surface area contributed by atoms with E-state index in [1.165, 1.54) is 6.92 Å². The average molecular weight is 331 g/mol. The van der Waals surface area contributed by atoms with Gasteiger partial charge in [0, 0.05) is 0 Å². The predicted molar refractivity (Wildman–Crippen MR) is 58.9 cm³/mol. The van der Waals surface area contributed by atoms with Gasteiger partial charge in [-0.25, -0.2) is 0 Å². The summed E-state index contributed by atoms with van der Waals surface area (Å²) in [5.74, 6) is -0.461. The van der Waals surface area contributed by atoms with E-state index < -0.39 is 28.0 Å². The normalized spacial score (nSPS) is 10.8. The van der Waals surface area contributed by atoms with Crippen molar-refractivity contribution in [3.05, 3.63) is 20.2 Å². The molecule has 0 aliphatic heterocycles. The van der Waals surface area contributed by atoms with E-state index in [0.717, 1.165) is 0 Å². The molecule has 0 aromatic carbocycles. The maximum absolute atomic E-state index is 10.9. The van der Waals surface area contributed by atoms with Crippen molar-refractivity contribution in [2.45, 2.75) is 19.0 Å². The Bertz CT molecular complexity index is 268. The fraction of sp³-hybridized carbons (Fsp3) is 0.833. The van der Waals surface area contributed by atoms with Gasteiger partial charge in [-0.3, -0.25) is 25.0 Å². The van der Waals surface area contributed by atoms with E-state index in [0.29, 0.717) is 0 Å². The van der Waals surface area contributed by atoms with Crippen LogP contribution in [0.5, 0.6) is 0 Å². The number of rotatable bonds is 6. The van der Waals surface area contributed by atoms with Crippen LogP contribution in [0.4, 0.5) is 0 Å². The fourth-order valence-corrected chi connectivity index (χ4v) is 1.14. The largest absolute Gasteiger partial charge is 0.474 e. The van der Waals surface area contributed by atoms with Crippen molar-refractivity contribution < 1.29 is 14.6 Å². The molecule has 0 saturated heterocycles. The Labute approximate surface area is 98.8 Å². The standard InChI is InChI=1S/C6H10IN3O5/c1-2-6(9(12)13,10(14)15)4-8-5(11)3-7/h2-4H2,1H3,(H,8,11). The monoisotopic (exact) mass is 331 g/mol. The Balaban J connectivity index is 4.72. The second-order valence-corrected chi connectivity index (χ2v) is 3.52. The van der Waals surface area contributed by atoms with Crippen LogP contribution < -0.4 is 5.32 Å². The summed E-state index contributed by atoms with van der Waals surface area (Å²) < 4.78 is 0.104. The fourth-order valence-electron chi connectivity index (χ4n) is 0.866. The molecule has 0 saturated carbocycles. The lowest BCUT2D eigenvalue weighted by atomic mass is 10.1. The van der Waals surface area contributed by atoms with E-state index in [2.05, 4.69) is 5.32 Å². The molecule has 0 rings (SSSR count). The van der Waals surface area contributed by atoms with E-state index in [4.69, 9.17) is 0 Å². The summed E-state index contributed by atoms with van der Waals surface area (Å²) in [7, 11) is 0. The van der Waals surface area contributed by atoms with E-state index in [-0.39, 0.29) is 10.8 Å². The molecule has 9 heteroatoms. The third kappa shape index (κ3) is 3.25. The van der Waals surface area contributed by atoms with Crippen molar-refractivity contribution in [1.82, 2.24) is 5.32 Å². The lowest BCUT2D eigenvalue weighted by Crippen LogP contribution is -2.54. The molecule has 0 aliphatic carbocycles. The molecule has 8 nitrogen and oxygen atoms in total. The molecule has 0 heterocycles. The molecular weight excluding hydrogens is 321 g/mol. The molecule has 0 unspecified atom stereocenters. The second kappa shape index (κ2) is 5.78. The van der Waals surface area contributed by atoms with Gasteiger partial charge in [0.2, 0.25) is 5.91 Å². The zero-order valence-corrected chi connectivity index (χ0v) is 10.1. The third-order valence-corrected chi connectivity index (χ3v) is 2.63. The van der Waals surface area contributed by atoms with Crippen LogP contribution in [0.3, 0.4) is 0 Å². The number of amides is 1. The summed E-state index contributed by atoms with van der Waals surface area (Å²) in [4.78, 5) is 30.1. The molecule has 1 N–H and O–H groups in total. The molecule has 0 spiro atoms. The van der Waals surface area contributed by atoms with Crippen LogP contribution in [0.25, 0.3) is 0 Å². The molecule has 0 atom stereocenters. The number of carbonyl (C=O) groups is 1. The molecule has 0 fully saturated rings.